The predicted molar refractivity (Wildman–Crippen MR) is 117 cm³/mol. The first kappa shape index (κ1) is 20.3. The van der Waals surface area contributed by atoms with Crippen molar-refractivity contribution in [2.75, 3.05) is 5.84 Å². The molecule has 154 valence electrons. The Balaban J connectivity index is 1.37. The van der Waals surface area contributed by atoms with Crippen LogP contribution in [0.1, 0.15) is 22.7 Å². The standard InChI is InChI=1S/C21H20ClN5O2S/c1-13-7-14(2)9-17(8-13)28-11-20-24-25-21(27(20)23)30-12-18-10-19(26-29-18)15-3-5-16(22)6-4-15/h3-10H,11-12,23H2,1-2H3. The molecule has 0 spiro atoms. The minimum atomic E-state index is 0.232. The lowest BCUT2D eigenvalue weighted by atomic mass is 10.1. The Labute approximate surface area is 183 Å². The molecule has 0 atom stereocenters. The molecule has 4 aromatic rings. The van der Waals surface area contributed by atoms with Crippen molar-refractivity contribution < 1.29 is 9.26 Å². The molecule has 0 bridgehead atoms. The van der Waals surface area contributed by atoms with Gasteiger partial charge in [-0.3, -0.25) is 0 Å². The van der Waals surface area contributed by atoms with Gasteiger partial charge >= 0.3 is 0 Å². The van der Waals surface area contributed by atoms with E-state index < -0.39 is 0 Å². The molecule has 0 aliphatic rings. The zero-order valence-electron chi connectivity index (χ0n) is 16.5. The van der Waals surface area contributed by atoms with Crippen molar-refractivity contribution in [3.05, 3.63) is 76.3 Å². The Morgan fingerprint density at radius 3 is 2.53 bits per heavy atom. The van der Waals surface area contributed by atoms with Gasteiger partial charge in [0.25, 0.3) is 0 Å². The summed E-state index contributed by atoms with van der Waals surface area (Å²) in [5.74, 6) is 8.68. The van der Waals surface area contributed by atoms with E-state index in [0.717, 1.165) is 28.1 Å². The van der Waals surface area contributed by atoms with Crippen LogP contribution in [-0.4, -0.2) is 20.0 Å². The van der Waals surface area contributed by atoms with Crippen molar-refractivity contribution in [1.82, 2.24) is 20.0 Å². The highest BCUT2D eigenvalue weighted by atomic mass is 35.5. The van der Waals surface area contributed by atoms with Crippen molar-refractivity contribution >= 4 is 23.4 Å². The van der Waals surface area contributed by atoms with Crippen LogP contribution in [0.4, 0.5) is 0 Å². The van der Waals surface area contributed by atoms with Gasteiger partial charge in [-0.15, -0.1) is 10.2 Å². The van der Waals surface area contributed by atoms with E-state index in [4.69, 9.17) is 26.7 Å². The quantitative estimate of drug-likeness (QED) is 0.325. The molecular formula is C21H20ClN5O2S. The van der Waals surface area contributed by atoms with Crippen LogP contribution in [0.5, 0.6) is 5.75 Å². The van der Waals surface area contributed by atoms with Gasteiger partial charge in [0, 0.05) is 16.7 Å². The summed E-state index contributed by atoms with van der Waals surface area (Å²) in [6.45, 7) is 4.29. The van der Waals surface area contributed by atoms with Crippen LogP contribution in [0.15, 0.2) is 58.2 Å². The van der Waals surface area contributed by atoms with E-state index in [1.54, 1.807) is 0 Å². The van der Waals surface area contributed by atoms with E-state index >= 15 is 0 Å². The fourth-order valence-electron chi connectivity index (χ4n) is 2.94. The molecule has 0 unspecified atom stereocenters. The molecule has 7 nitrogen and oxygen atoms in total. The summed E-state index contributed by atoms with van der Waals surface area (Å²) in [5, 5.41) is 13.6. The summed E-state index contributed by atoms with van der Waals surface area (Å²) in [6.07, 6.45) is 0. The number of halogens is 1. The van der Waals surface area contributed by atoms with Gasteiger partial charge < -0.3 is 15.1 Å². The van der Waals surface area contributed by atoms with Crippen LogP contribution >= 0.6 is 23.4 Å². The third-order valence-electron chi connectivity index (χ3n) is 4.34. The Kier molecular flexibility index (Phi) is 5.96. The van der Waals surface area contributed by atoms with Crippen LogP contribution in [-0.2, 0) is 12.4 Å². The fraction of sp³-hybridized carbons (Fsp3) is 0.190. The number of rotatable bonds is 7. The number of aryl methyl sites for hydroxylation is 2. The highest BCUT2D eigenvalue weighted by Crippen LogP contribution is 2.26. The molecule has 30 heavy (non-hydrogen) atoms. The van der Waals surface area contributed by atoms with Crippen LogP contribution in [0.2, 0.25) is 5.02 Å². The minimum Gasteiger partial charge on any atom is -0.486 e. The predicted octanol–water partition coefficient (Wildman–Crippen LogP) is 4.79. The first-order valence-corrected chi connectivity index (χ1v) is 10.6. The highest BCUT2D eigenvalue weighted by molar-refractivity contribution is 7.98. The summed E-state index contributed by atoms with van der Waals surface area (Å²) in [6, 6.07) is 15.4. The number of hydrogen-bond donors (Lipinski definition) is 1. The number of ether oxygens (including phenoxy) is 1. The Bertz CT molecular complexity index is 1140. The molecule has 2 aromatic carbocycles. The van der Waals surface area contributed by atoms with E-state index in [2.05, 4.69) is 21.4 Å². The van der Waals surface area contributed by atoms with Crippen molar-refractivity contribution in [3.63, 3.8) is 0 Å². The topological polar surface area (TPSA) is 92.0 Å². The van der Waals surface area contributed by atoms with E-state index in [0.29, 0.717) is 27.5 Å². The molecule has 0 radical (unpaired) electrons. The van der Waals surface area contributed by atoms with E-state index in [-0.39, 0.29) is 6.61 Å². The summed E-state index contributed by atoms with van der Waals surface area (Å²) in [4.78, 5) is 0. The Hall–Kier alpha value is -2.97. The Morgan fingerprint density at radius 2 is 1.80 bits per heavy atom. The Morgan fingerprint density at radius 1 is 1.07 bits per heavy atom. The van der Waals surface area contributed by atoms with Gasteiger partial charge in [-0.1, -0.05) is 46.7 Å². The first-order valence-electron chi connectivity index (χ1n) is 9.23. The number of nitrogens with two attached hydrogens (primary N) is 1. The maximum atomic E-state index is 6.13. The molecule has 2 heterocycles. The number of benzene rings is 2. The third-order valence-corrected chi connectivity index (χ3v) is 5.56. The molecule has 9 heteroatoms. The van der Waals surface area contributed by atoms with Gasteiger partial charge in [0.1, 0.15) is 23.8 Å². The second kappa shape index (κ2) is 8.81. The monoisotopic (exact) mass is 441 g/mol. The van der Waals surface area contributed by atoms with Crippen molar-refractivity contribution in [1.29, 1.82) is 0 Å². The highest BCUT2D eigenvalue weighted by Gasteiger charge is 2.13. The average molecular weight is 442 g/mol. The van der Waals surface area contributed by atoms with E-state index in [1.165, 1.54) is 16.4 Å². The average Bonchev–Trinajstić information content (AvgIpc) is 3.31. The number of aromatic nitrogens is 4. The molecule has 4 rings (SSSR count). The molecule has 0 saturated heterocycles. The molecular weight excluding hydrogens is 422 g/mol. The SMILES string of the molecule is Cc1cc(C)cc(OCc2nnc(SCc3cc(-c4ccc(Cl)cc4)no3)n2N)c1. The molecule has 0 aliphatic carbocycles. The molecule has 2 N–H and O–H groups in total. The lowest BCUT2D eigenvalue weighted by Crippen LogP contribution is -2.15. The number of hydrogen-bond acceptors (Lipinski definition) is 7. The van der Waals surface area contributed by atoms with Gasteiger partial charge in [0.2, 0.25) is 5.16 Å². The van der Waals surface area contributed by atoms with E-state index in [1.807, 2.05) is 56.3 Å². The van der Waals surface area contributed by atoms with Gasteiger partial charge in [-0.2, -0.15) is 0 Å². The number of thioether (sulfide) groups is 1. The van der Waals surface area contributed by atoms with Gasteiger partial charge in [-0.05, 0) is 49.2 Å². The van der Waals surface area contributed by atoms with Crippen LogP contribution in [0, 0.1) is 13.8 Å². The second-order valence-corrected chi connectivity index (χ2v) is 8.23. The maximum Gasteiger partial charge on any atom is 0.210 e. The van der Waals surface area contributed by atoms with Gasteiger partial charge in [0.15, 0.2) is 5.82 Å². The molecule has 0 saturated carbocycles. The normalized spacial score (nSPS) is 11.0. The summed E-state index contributed by atoms with van der Waals surface area (Å²) in [5.41, 5.74) is 3.97. The van der Waals surface area contributed by atoms with E-state index in [9.17, 15) is 0 Å². The minimum absolute atomic E-state index is 0.232. The molecule has 2 aromatic heterocycles. The van der Waals surface area contributed by atoms with Gasteiger partial charge in [0.05, 0.1) is 5.75 Å². The number of nitrogen functional groups attached to an aromatic ring is 1. The van der Waals surface area contributed by atoms with Crippen LogP contribution in [0.3, 0.4) is 0 Å². The van der Waals surface area contributed by atoms with Gasteiger partial charge in [-0.25, -0.2) is 4.68 Å². The molecule has 0 amide bonds. The smallest absolute Gasteiger partial charge is 0.210 e. The van der Waals surface area contributed by atoms with Crippen molar-refractivity contribution in [2.45, 2.75) is 31.4 Å². The summed E-state index contributed by atoms with van der Waals surface area (Å²) in [7, 11) is 0. The zero-order chi connectivity index (χ0) is 21.1. The maximum absolute atomic E-state index is 6.13. The lowest BCUT2D eigenvalue weighted by molar-refractivity contribution is 0.291. The third kappa shape index (κ3) is 4.77. The summed E-state index contributed by atoms with van der Waals surface area (Å²) >= 11 is 7.34. The molecule has 0 fully saturated rings. The largest absolute Gasteiger partial charge is 0.486 e. The van der Waals surface area contributed by atoms with Crippen molar-refractivity contribution in [2.24, 2.45) is 0 Å². The van der Waals surface area contributed by atoms with Crippen molar-refractivity contribution in [3.8, 4) is 17.0 Å². The zero-order valence-corrected chi connectivity index (χ0v) is 18.1. The second-order valence-electron chi connectivity index (χ2n) is 6.85. The lowest BCUT2D eigenvalue weighted by Gasteiger charge is -2.08. The van der Waals surface area contributed by atoms with Crippen LogP contribution < -0.4 is 10.6 Å². The summed E-state index contributed by atoms with van der Waals surface area (Å²) < 4.78 is 12.7. The molecule has 0 aliphatic heterocycles. The first-order chi connectivity index (χ1) is 14.5. The van der Waals surface area contributed by atoms with Crippen LogP contribution in [0.25, 0.3) is 11.3 Å². The fourth-order valence-corrected chi connectivity index (χ4v) is 3.82. The number of nitrogens with zero attached hydrogens (tertiary/aromatic N) is 4.